The van der Waals surface area contributed by atoms with Gasteiger partial charge in [-0.3, -0.25) is 14.5 Å². The Morgan fingerprint density at radius 1 is 1.23 bits per heavy atom. The third-order valence-electron chi connectivity index (χ3n) is 4.21. The molecule has 1 aliphatic heterocycles. The summed E-state index contributed by atoms with van der Waals surface area (Å²) in [5, 5.41) is 5.89. The fraction of sp³-hybridized carbons (Fsp3) is 0.556. The lowest BCUT2D eigenvalue weighted by Gasteiger charge is -2.22. The van der Waals surface area contributed by atoms with Gasteiger partial charge in [-0.15, -0.1) is 24.8 Å². The van der Waals surface area contributed by atoms with E-state index in [9.17, 15) is 9.59 Å². The van der Waals surface area contributed by atoms with Gasteiger partial charge in [-0.1, -0.05) is 6.07 Å². The molecule has 0 unspecified atom stereocenters. The lowest BCUT2D eigenvalue weighted by Crippen LogP contribution is -2.41. The average molecular weight is 405 g/mol. The summed E-state index contributed by atoms with van der Waals surface area (Å²) in [6.07, 6.45) is 0.644. The van der Waals surface area contributed by atoms with Crippen molar-refractivity contribution >= 4 is 42.3 Å². The van der Waals surface area contributed by atoms with E-state index in [1.807, 2.05) is 45.7 Å². The second-order valence-electron chi connectivity index (χ2n) is 7.62. The van der Waals surface area contributed by atoms with Gasteiger partial charge in [0.2, 0.25) is 5.91 Å². The molecule has 8 heteroatoms. The highest BCUT2D eigenvalue weighted by Gasteiger charge is 2.32. The maximum Gasteiger partial charge on any atom is 0.252 e. The molecule has 0 saturated carbocycles. The number of nitrogens with one attached hydrogen (secondary N) is 2. The molecule has 0 spiro atoms. The Morgan fingerprint density at radius 3 is 2.35 bits per heavy atom. The first-order chi connectivity index (χ1) is 11.1. The largest absolute Gasteiger partial charge is 0.347 e. The van der Waals surface area contributed by atoms with E-state index in [2.05, 4.69) is 10.6 Å². The second kappa shape index (κ2) is 9.55. The lowest BCUT2D eigenvalue weighted by molar-refractivity contribution is -0.119. The van der Waals surface area contributed by atoms with Gasteiger partial charge in [-0.05, 0) is 58.9 Å². The van der Waals surface area contributed by atoms with Gasteiger partial charge in [0.1, 0.15) is 0 Å². The van der Waals surface area contributed by atoms with Crippen molar-refractivity contribution < 1.29 is 9.59 Å². The summed E-state index contributed by atoms with van der Waals surface area (Å²) in [6, 6.07) is 5.16. The summed E-state index contributed by atoms with van der Waals surface area (Å²) in [5.74, 6) is -0.224. The third kappa shape index (κ3) is 6.13. The molecule has 0 radical (unpaired) electrons. The van der Waals surface area contributed by atoms with Crippen molar-refractivity contribution in [1.82, 2.24) is 10.2 Å². The molecule has 1 aromatic rings. The molecule has 1 aliphatic rings. The molecule has 1 fully saturated rings. The molecule has 26 heavy (non-hydrogen) atoms. The number of likely N-dealkylation sites (tertiary alicyclic amines) is 1. The molecule has 2 atom stereocenters. The van der Waals surface area contributed by atoms with Crippen LogP contribution in [-0.4, -0.2) is 47.9 Å². The van der Waals surface area contributed by atoms with Crippen LogP contribution in [0.2, 0.25) is 0 Å². The highest BCUT2D eigenvalue weighted by Crippen LogP contribution is 2.22. The number of rotatable bonds is 3. The van der Waals surface area contributed by atoms with Crippen LogP contribution in [0.1, 0.15) is 43.1 Å². The van der Waals surface area contributed by atoms with Gasteiger partial charge in [-0.25, -0.2) is 0 Å². The van der Waals surface area contributed by atoms with Crippen LogP contribution in [0.15, 0.2) is 18.2 Å². The molecule has 1 aromatic carbocycles. The smallest absolute Gasteiger partial charge is 0.252 e. The van der Waals surface area contributed by atoms with Gasteiger partial charge in [-0.2, -0.15) is 0 Å². The lowest BCUT2D eigenvalue weighted by atomic mass is 10.0. The van der Waals surface area contributed by atoms with Gasteiger partial charge < -0.3 is 16.4 Å². The van der Waals surface area contributed by atoms with Crippen LogP contribution in [0.3, 0.4) is 0 Å². The number of carbonyl (C=O) groups is 2. The first-order valence-corrected chi connectivity index (χ1v) is 8.27. The molecule has 2 rings (SSSR count). The Balaban J connectivity index is 0.00000312. The number of carbonyl (C=O) groups excluding carboxylic acids is 2. The fourth-order valence-corrected chi connectivity index (χ4v) is 2.99. The van der Waals surface area contributed by atoms with E-state index in [0.717, 1.165) is 5.56 Å². The summed E-state index contributed by atoms with van der Waals surface area (Å²) < 4.78 is 0. The Kier molecular flexibility index (Phi) is 9.06. The minimum atomic E-state index is -0.314. The van der Waals surface area contributed by atoms with Gasteiger partial charge >= 0.3 is 0 Å². The number of nitrogens with zero attached hydrogens (tertiary/aromatic N) is 1. The van der Waals surface area contributed by atoms with Gasteiger partial charge in [0.15, 0.2) is 0 Å². The number of hydrogen-bond donors (Lipinski definition) is 3. The highest BCUT2D eigenvalue weighted by atomic mass is 35.5. The van der Waals surface area contributed by atoms with Crippen LogP contribution >= 0.6 is 24.8 Å². The van der Waals surface area contributed by atoms with E-state index in [0.29, 0.717) is 24.2 Å². The SMILES string of the molecule is Cc1c(NC(=O)[C@@H]2C[C@H](N)CN2C)cccc1C(=O)NC(C)(C)C.Cl.Cl. The molecule has 4 N–H and O–H groups in total. The average Bonchev–Trinajstić information content (AvgIpc) is 2.78. The molecule has 6 nitrogen and oxygen atoms in total. The third-order valence-corrected chi connectivity index (χ3v) is 4.21. The molecule has 1 saturated heterocycles. The summed E-state index contributed by atoms with van der Waals surface area (Å²) in [7, 11) is 1.90. The van der Waals surface area contributed by atoms with Crippen molar-refractivity contribution in [3.05, 3.63) is 29.3 Å². The second-order valence-corrected chi connectivity index (χ2v) is 7.62. The van der Waals surface area contributed by atoms with E-state index in [-0.39, 0.29) is 54.3 Å². The zero-order valence-corrected chi connectivity index (χ0v) is 17.6. The van der Waals surface area contributed by atoms with Crippen LogP contribution in [0.5, 0.6) is 0 Å². The standard InChI is InChI=1S/C18H28N4O2.2ClH/c1-11-13(16(23)21-18(2,3)4)7-6-8-14(11)20-17(24)15-9-12(19)10-22(15)5;;/h6-8,12,15H,9-10,19H2,1-5H3,(H,20,24)(H,21,23);2*1H/t12-,15-;;/m0../s1. The zero-order valence-electron chi connectivity index (χ0n) is 16.0. The minimum Gasteiger partial charge on any atom is -0.347 e. The van der Waals surface area contributed by atoms with E-state index < -0.39 is 0 Å². The number of benzene rings is 1. The Bertz CT molecular complexity index is 647. The van der Waals surface area contributed by atoms with E-state index in [1.54, 1.807) is 12.1 Å². The number of halogens is 2. The number of anilines is 1. The molecule has 148 valence electrons. The van der Waals surface area contributed by atoms with Crippen LogP contribution < -0.4 is 16.4 Å². The van der Waals surface area contributed by atoms with Crippen molar-refractivity contribution in [1.29, 1.82) is 0 Å². The van der Waals surface area contributed by atoms with E-state index >= 15 is 0 Å². The summed E-state index contributed by atoms with van der Waals surface area (Å²) in [5.41, 5.74) is 7.60. The van der Waals surface area contributed by atoms with Crippen molar-refractivity contribution in [2.45, 2.75) is 51.7 Å². The number of likely N-dealkylation sites (N-methyl/N-ethyl adjacent to an activating group) is 1. The van der Waals surface area contributed by atoms with Gasteiger partial charge in [0.25, 0.3) is 5.91 Å². The fourth-order valence-electron chi connectivity index (χ4n) is 2.99. The maximum absolute atomic E-state index is 12.5. The predicted molar refractivity (Wildman–Crippen MR) is 111 cm³/mol. The minimum absolute atomic E-state index is 0. The van der Waals surface area contributed by atoms with Crippen LogP contribution in [0.4, 0.5) is 5.69 Å². The molecule has 0 bridgehead atoms. The number of amides is 2. The zero-order chi connectivity index (χ0) is 18.1. The molecular formula is C18H30Cl2N4O2. The first-order valence-electron chi connectivity index (χ1n) is 8.27. The van der Waals surface area contributed by atoms with Crippen molar-refractivity contribution in [3.63, 3.8) is 0 Å². The molecular weight excluding hydrogens is 375 g/mol. The Labute approximate surface area is 168 Å². The Hall–Kier alpha value is -1.34. The van der Waals surface area contributed by atoms with Crippen LogP contribution in [0, 0.1) is 6.92 Å². The van der Waals surface area contributed by atoms with Crippen molar-refractivity contribution in [2.75, 3.05) is 18.9 Å². The van der Waals surface area contributed by atoms with Crippen molar-refractivity contribution in [2.24, 2.45) is 5.73 Å². The monoisotopic (exact) mass is 404 g/mol. The number of nitrogens with two attached hydrogens (primary N) is 1. The van der Waals surface area contributed by atoms with Crippen molar-refractivity contribution in [3.8, 4) is 0 Å². The molecule has 2 amide bonds. The summed E-state index contributed by atoms with van der Waals surface area (Å²) in [6.45, 7) is 8.36. The van der Waals surface area contributed by atoms with Crippen LogP contribution in [-0.2, 0) is 4.79 Å². The predicted octanol–water partition coefficient (Wildman–Crippen LogP) is 2.34. The van der Waals surface area contributed by atoms with E-state index in [4.69, 9.17) is 5.73 Å². The van der Waals surface area contributed by atoms with Gasteiger partial charge in [0, 0.05) is 29.4 Å². The number of hydrogen-bond acceptors (Lipinski definition) is 4. The normalized spacial score (nSPS) is 19.9. The Morgan fingerprint density at radius 2 is 1.85 bits per heavy atom. The van der Waals surface area contributed by atoms with E-state index in [1.165, 1.54) is 0 Å². The quantitative estimate of drug-likeness (QED) is 0.721. The van der Waals surface area contributed by atoms with Crippen LogP contribution in [0.25, 0.3) is 0 Å². The molecule has 1 heterocycles. The maximum atomic E-state index is 12.5. The first kappa shape index (κ1) is 24.7. The summed E-state index contributed by atoms with van der Waals surface area (Å²) >= 11 is 0. The topological polar surface area (TPSA) is 87.5 Å². The summed E-state index contributed by atoms with van der Waals surface area (Å²) in [4.78, 5) is 26.9. The molecule has 0 aliphatic carbocycles. The van der Waals surface area contributed by atoms with Gasteiger partial charge in [0.05, 0.1) is 6.04 Å². The molecule has 0 aromatic heterocycles. The highest BCUT2D eigenvalue weighted by molar-refractivity contribution is 6.00.